The Morgan fingerprint density at radius 1 is 1.16 bits per heavy atom. The highest BCUT2D eigenvalue weighted by atomic mass is 16.3. The van der Waals surface area contributed by atoms with Gasteiger partial charge in [0.2, 0.25) is 0 Å². The van der Waals surface area contributed by atoms with E-state index in [1.54, 1.807) is 6.08 Å². The third kappa shape index (κ3) is 6.35. The minimum atomic E-state index is -0.648. The van der Waals surface area contributed by atoms with Crippen LogP contribution in [0, 0.1) is 28.6 Å². The molecule has 4 rings (SSSR count). The lowest BCUT2D eigenvalue weighted by atomic mass is 9.61. The molecule has 4 aliphatic carbocycles. The molecule has 4 fully saturated rings. The normalized spacial score (nSPS) is 36.7. The van der Waals surface area contributed by atoms with Crippen LogP contribution in [0.3, 0.4) is 0 Å². The van der Waals surface area contributed by atoms with Crippen molar-refractivity contribution in [3.05, 3.63) is 59.8 Å². The van der Waals surface area contributed by atoms with Crippen LogP contribution in [0.25, 0.3) is 0 Å². The lowest BCUT2D eigenvalue weighted by molar-refractivity contribution is -0.114. The molecule has 4 saturated carbocycles. The van der Waals surface area contributed by atoms with Gasteiger partial charge in [0, 0.05) is 18.3 Å². The van der Waals surface area contributed by atoms with Crippen molar-refractivity contribution in [2.75, 3.05) is 0 Å². The molecule has 0 radical (unpaired) electrons. The van der Waals surface area contributed by atoms with Gasteiger partial charge in [-0.25, -0.2) is 0 Å². The van der Waals surface area contributed by atoms with Crippen molar-refractivity contribution >= 4 is 5.78 Å². The Morgan fingerprint density at radius 2 is 1.92 bits per heavy atom. The van der Waals surface area contributed by atoms with Crippen molar-refractivity contribution in [2.24, 2.45) is 28.6 Å². The monoisotopic (exact) mass is 522 g/mol. The van der Waals surface area contributed by atoms with Crippen molar-refractivity contribution in [3.63, 3.8) is 0 Å². The summed E-state index contributed by atoms with van der Waals surface area (Å²) in [5, 5.41) is 31.3. The molecule has 0 aliphatic heterocycles. The van der Waals surface area contributed by atoms with Gasteiger partial charge in [-0.3, -0.25) is 4.79 Å². The zero-order valence-electron chi connectivity index (χ0n) is 23.9. The standard InChI is InChI=1S/C34H50O4/c1-5-6-9-27(35)16-18-34(19-20-34)32(38)15-10-23(2)29-13-14-30-25(8-7-17-33(29,30)4)11-12-26-21-28(36)22-31(37)24(26)3/h10-12,15-16,18,23,28-32,36-38H,3,5-9,13-14,17,19-22H2,1-2,4H3/b15-10+,18-16+,25-11+,26-12-/t23-,28-,29-,30+,31+,32-,33-/m1/s1. The first-order valence-corrected chi connectivity index (χ1v) is 15.1. The maximum absolute atomic E-state index is 12.1. The number of ketones is 1. The van der Waals surface area contributed by atoms with Crippen LogP contribution in [0.4, 0.5) is 0 Å². The smallest absolute Gasteiger partial charge is 0.155 e. The number of aliphatic hydroxyl groups is 3. The van der Waals surface area contributed by atoms with E-state index in [0.29, 0.717) is 37.0 Å². The van der Waals surface area contributed by atoms with Gasteiger partial charge in [0.1, 0.15) is 0 Å². The largest absolute Gasteiger partial charge is 0.393 e. The van der Waals surface area contributed by atoms with Crippen LogP contribution in [-0.4, -0.2) is 39.4 Å². The summed E-state index contributed by atoms with van der Waals surface area (Å²) in [4.78, 5) is 12.1. The molecule has 4 heteroatoms. The lowest BCUT2D eigenvalue weighted by Gasteiger charge is -2.44. The molecule has 0 bridgehead atoms. The Labute approximate surface area is 230 Å². The summed E-state index contributed by atoms with van der Waals surface area (Å²) in [6.07, 6.45) is 21.9. The molecular weight excluding hydrogens is 472 g/mol. The van der Waals surface area contributed by atoms with E-state index in [1.807, 2.05) is 12.2 Å². The van der Waals surface area contributed by atoms with Crippen LogP contribution in [0.5, 0.6) is 0 Å². The molecule has 0 aromatic heterocycles. The second kappa shape index (κ2) is 12.2. The van der Waals surface area contributed by atoms with Gasteiger partial charge >= 0.3 is 0 Å². The van der Waals surface area contributed by atoms with E-state index in [-0.39, 0.29) is 16.6 Å². The molecule has 0 saturated heterocycles. The van der Waals surface area contributed by atoms with Gasteiger partial charge in [-0.1, -0.05) is 69.7 Å². The van der Waals surface area contributed by atoms with Gasteiger partial charge in [0.25, 0.3) is 0 Å². The summed E-state index contributed by atoms with van der Waals surface area (Å²) in [5.74, 6) is 1.68. The molecule has 0 unspecified atom stereocenters. The van der Waals surface area contributed by atoms with Crippen LogP contribution < -0.4 is 0 Å². The quantitative estimate of drug-likeness (QED) is 0.218. The summed E-state index contributed by atoms with van der Waals surface area (Å²) >= 11 is 0. The van der Waals surface area contributed by atoms with E-state index in [0.717, 1.165) is 43.3 Å². The highest BCUT2D eigenvalue weighted by Crippen LogP contribution is 2.59. The first-order chi connectivity index (χ1) is 18.1. The number of carbonyl (C=O) groups is 1. The molecule has 0 amide bonds. The average molecular weight is 523 g/mol. The van der Waals surface area contributed by atoms with Crippen molar-refractivity contribution in [2.45, 2.75) is 116 Å². The summed E-state index contributed by atoms with van der Waals surface area (Å²) < 4.78 is 0. The average Bonchev–Trinajstić information content (AvgIpc) is 3.60. The second-order valence-electron chi connectivity index (χ2n) is 13.0. The molecule has 7 atom stereocenters. The van der Waals surface area contributed by atoms with Gasteiger partial charge in [-0.05, 0) is 98.2 Å². The molecule has 0 aromatic rings. The number of rotatable bonds is 10. The minimum Gasteiger partial charge on any atom is -0.393 e. The number of fused-ring (bicyclic) bond motifs is 1. The minimum absolute atomic E-state index is 0.171. The van der Waals surface area contributed by atoms with Gasteiger partial charge in [0.15, 0.2) is 5.78 Å². The predicted molar refractivity (Wildman–Crippen MR) is 154 cm³/mol. The fraction of sp³-hybridized carbons (Fsp3) is 0.676. The zero-order valence-corrected chi connectivity index (χ0v) is 23.9. The van der Waals surface area contributed by atoms with Crippen LogP contribution in [0.1, 0.15) is 97.8 Å². The van der Waals surface area contributed by atoms with Crippen molar-refractivity contribution in [3.8, 4) is 0 Å². The van der Waals surface area contributed by atoms with Crippen molar-refractivity contribution in [1.82, 2.24) is 0 Å². The number of hydrogen-bond acceptors (Lipinski definition) is 4. The third-order valence-corrected chi connectivity index (χ3v) is 10.3. The maximum atomic E-state index is 12.1. The molecular formula is C34H50O4. The van der Waals surface area contributed by atoms with E-state index in [2.05, 4.69) is 45.6 Å². The highest BCUT2D eigenvalue weighted by molar-refractivity contribution is 5.89. The summed E-state index contributed by atoms with van der Waals surface area (Å²) in [5.41, 5.74) is 3.22. The SMILES string of the molecule is C=C1/C(=C\C=C2/CCC[C@]3(C)[C@@H]([C@H](C)/C=C/[C@@H](O)C4(/C=C/C(=O)CCCC)CC4)CC[C@@H]23)C[C@@H](O)C[C@@H]1O. The molecule has 210 valence electrons. The Kier molecular flexibility index (Phi) is 9.38. The molecule has 38 heavy (non-hydrogen) atoms. The van der Waals surface area contributed by atoms with Gasteiger partial charge < -0.3 is 15.3 Å². The molecule has 0 heterocycles. The van der Waals surface area contributed by atoms with Gasteiger partial charge in [0.05, 0.1) is 18.3 Å². The molecule has 0 aromatic carbocycles. The zero-order chi connectivity index (χ0) is 27.5. The Hall–Kier alpha value is -1.75. The van der Waals surface area contributed by atoms with Crippen LogP contribution >= 0.6 is 0 Å². The topological polar surface area (TPSA) is 77.8 Å². The third-order valence-electron chi connectivity index (χ3n) is 10.3. The van der Waals surface area contributed by atoms with Gasteiger partial charge in [-0.2, -0.15) is 0 Å². The second-order valence-corrected chi connectivity index (χ2v) is 13.0. The molecule has 4 nitrogen and oxygen atoms in total. The first-order valence-electron chi connectivity index (χ1n) is 15.1. The lowest BCUT2D eigenvalue weighted by Crippen LogP contribution is -2.35. The van der Waals surface area contributed by atoms with Crippen LogP contribution in [-0.2, 0) is 4.79 Å². The van der Waals surface area contributed by atoms with E-state index in [1.165, 1.54) is 31.3 Å². The summed E-state index contributed by atoms with van der Waals surface area (Å²) in [6, 6.07) is 0. The van der Waals surface area contributed by atoms with Crippen molar-refractivity contribution in [1.29, 1.82) is 0 Å². The molecule has 0 spiro atoms. The van der Waals surface area contributed by atoms with Crippen LogP contribution in [0.15, 0.2) is 59.8 Å². The number of carbonyl (C=O) groups excluding carboxylic acids is 1. The number of allylic oxidation sites excluding steroid dienone is 5. The fourth-order valence-electron chi connectivity index (χ4n) is 7.61. The van der Waals surface area contributed by atoms with Crippen molar-refractivity contribution < 1.29 is 20.1 Å². The Morgan fingerprint density at radius 3 is 2.63 bits per heavy atom. The highest BCUT2D eigenvalue weighted by Gasteiger charge is 2.50. The molecule has 3 N–H and O–H groups in total. The number of hydrogen-bond donors (Lipinski definition) is 3. The Bertz CT molecular complexity index is 996. The fourth-order valence-corrected chi connectivity index (χ4v) is 7.61. The number of unbranched alkanes of at least 4 members (excludes halogenated alkanes) is 1. The van der Waals surface area contributed by atoms with Crippen LogP contribution in [0.2, 0.25) is 0 Å². The summed E-state index contributed by atoms with van der Waals surface area (Å²) in [6.45, 7) is 10.9. The van der Waals surface area contributed by atoms with Gasteiger partial charge in [-0.15, -0.1) is 0 Å². The predicted octanol–water partition coefficient (Wildman–Crippen LogP) is 6.78. The summed E-state index contributed by atoms with van der Waals surface area (Å²) in [7, 11) is 0. The Balaban J connectivity index is 1.41. The first kappa shape index (κ1) is 29.2. The van der Waals surface area contributed by atoms with E-state index in [4.69, 9.17) is 0 Å². The van der Waals surface area contributed by atoms with E-state index >= 15 is 0 Å². The number of aliphatic hydroxyl groups excluding tert-OH is 3. The maximum Gasteiger partial charge on any atom is 0.155 e. The van der Waals surface area contributed by atoms with E-state index < -0.39 is 18.3 Å². The van der Waals surface area contributed by atoms with E-state index in [9.17, 15) is 20.1 Å². The molecule has 4 aliphatic rings.